The smallest absolute Gasteiger partial charge is 0.322 e. The minimum Gasteiger partial charge on any atom is -0.348 e. The summed E-state index contributed by atoms with van der Waals surface area (Å²) in [6.45, 7) is -0.200. The zero-order chi connectivity index (χ0) is 25.3. The molecule has 0 saturated heterocycles. The second kappa shape index (κ2) is 9.88. The lowest BCUT2D eigenvalue weighted by Crippen LogP contribution is -2.42. The third-order valence-electron chi connectivity index (χ3n) is 5.69. The summed E-state index contributed by atoms with van der Waals surface area (Å²) in [6, 6.07) is 2.72. The maximum atomic E-state index is 14.4. The van der Waals surface area contributed by atoms with Crippen LogP contribution >= 0.6 is 0 Å². The van der Waals surface area contributed by atoms with Gasteiger partial charge in [-0.1, -0.05) is 0 Å². The van der Waals surface area contributed by atoms with Gasteiger partial charge in [0.15, 0.2) is 11.9 Å². The number of fused-ring (bicyclic) bond motifs is 3. The quantitative estimate of drug-likeness (QED) is 0.625. The molecule has 0 spiro atoms. The van der Waals surface area contributed by atoms with Gasteiger partial charge in [0, 0.05) is 25.6 Å². The average molecular weight is 495 g/mol. The van der Waals surface area contributed by atoms with Crippen LogP contribution in [-0.4, -0.2) is 64.3 Å². The summed E-state index contributed by atoms with van der Waals surface area (Å²) in [7, 11) is 1.58. The van der Waals surface area contributed by atoms with E-state index < -0.39 is 48.2 Å². The monoisotopic (exact) mass is 495 g/mol. The van der Waals surface area contributed by atoms with Gasteiger partial charge in [-0.2, -0.15) is 15.4 Å². The summed E-state index contributed by atoms with van der Waals surface area (Å²) in [5.74, 6) is -2.88. The zero-order valence-corrected chi connectivity index (χ0v) is 18.5. The van der Waals surface area contributed by atoms with E-state index in [1.54, 1.807) is 11.7 Å². The first kappa shape index (κ1) is 24.4. The number of aromatic nitrogens is 2. The first-order valence-electron chi connectivity index (χ1n) is 10.6. The molecule has 2 aliphatic rings. The van der Waals surface area contributed by atoms with Gasteiger partial charge >= 0.3 is 6.03 Å². The minimum absolute atomic E-state index is 0.00827. The van der Waals surface area contributed by atoms with Crippen LogP contribution in [0.4, 0.5) is 28.0 Å². The number of hydroxylamine groups is 2. The number of halogens is 4. The summed E-state index contributed by atoms with van der Waals surface area (Å²) < 4.78 is 54.4. The van der Waals surface area contributed by atoms with Gasteiger partial charge in [0.05, 0.1) is 43.3 Å². The van der Waals surface area contributed by atoms with E-state index in [0.717, 1.165) is 17.7 Å². The lowest BCUT2D eigenvalue weighted by atomic mass is 10.1. The number of nitriles is 1. The third kappa shape index (κ3) is 5.05. The second-order valence-corrected chi connectivity index (χ2v) is 8.07. The number of amides is 3. The third-order valence-corrected chi connectivity index (χ3v) is 5.69. The highest BCUT2D eigenvalue weighted by Crippen LogP contribution is 2.27. The van der Waals surface area contributed by atoms with Crippen molar-refractivity contribution in [3.8, 4) is 6.07 Å². The van der Waals surface area contributed by atoms with E-state index >= 15 is 0 Å². The van der Waals surface area contributed by atoms with Gasteiger partial charge in [0.25, 0.3) is 12.3 Å². The van der Waals surface area contributed by atoms with Crippen LogP contribution in [0.1, 0.15) is 22.5 Å². The number of benzene rings is 1. The Bertz CT molecular complexity index is 1200. The van der Waals surface area contributed by atoms with E-state index in [1.807, 2.05) is 0 Å². The van der Waals surface area contributed by atoms with Crippen molar-refractivity contribution in [1.82, 2.24) is 25.1 Å². The zero-order valence-electron chi connectivity index (χ0n) is 18.5. The molecule has 2 aliphatic heterocycles. The molecule has 0 aliphatic carbocycles. The summed E-state index contributed by atoms with van der Waals surface area (Å²) in [5.41, 5.74) is 1.02. The van der Waals surface area contributed by atoms with E-state index in [-0.39, 0.29) is 31.9 Å². The molecule has 2 N–H and O–H groups in total. The van der Waals surface area contributed by atoms with Gasteiger partial charge < -0.3 is 15.5 Å². The largest absolute Gasteiger partial charge is 0.348 e. The minimum atomic E-state index is -2.69. The number of nitrogens with zero attached hydrogens (tertiary/aromatic N) is 5. The molecule has 3 amide bonds. The fourth-order valence-electron chi connectivity index (χ4n) is 4.01. The molecule has 10 nitrogen and oxygen atoms in total. The number of carbonyl (C=O) groups is 2. The fraction of sp³-hybridized carbons (Fsp3) is 0.429. The molecule has 35 heavy (non-hydrogen) atoms. The normalized spacial score (nSPS) is 17.9. The fourth-order valence-corrected chi connectivity index (χ4v) is 4.01. The Balaban J connectivity index is 1.50. The van der Waals surface area contributed by atoms with Crippen molar-refractivity contribution in [2.75, 3.05) is 25.5 Å². The number of anilines is 1. The van der Waals surface area contributed by atoms with E-state index in [9.17, 15) is 27.2 Å². The van der Waals surface area contributed by atoms with Gasteiger partial charge in [-0.25, -0.2) is 22.4 Å². The Kier molecular flexibility index (Phi) is 6.90. The number of rotatable bonds is 4. The van der Waals surface area contributed by atoms with Crippen molar-refractivity contribution in [2.45, 2.75) is 38.6 Å². The van der Waals surface area contributed by atoms with Gasteiger partial charge in [0.1, 0.15) is 17.4 Å². The lowest BCUT2D eigenvalue weighted by Gasteiger charge is -2.27. The molecule has 0 radical (unpaired) electrons. The topological polar surface area (TPSA) is 116 Å². The van der Waals surface area contributed by atoms with Crippen LogP contribution in [0, 0.1) is 23.0 Å². The number of nitrogens with one attached hydrogen (secondary N) is 2. The molecule has 186 valence electrons. The summed E-state index contributed by atoms with van der Waals surface area (Å²) >= 11 is 0. The summed E-state index contributed by atoms with van der Waals surface area (Å²) in [5, 5.41) is 19.3. The van der Waals surface area contributed by atoms with E-state index in [2.05, 4.69) is 15.7 Å². The van der Waals surface area contributed by atoms with Crippen LogP contribution in [0.2, 0.25) is 0 Å². The number of alkyl halides is 2. The maximum absolute atomic E-state index is 14.4. The van der Waals surface area contributed by atoms with Gasteiger partial charge in [-0.05, 0) is 12.1 Å². The number of carbonyl (C=O) groups excluding carboxylic acids is 2. The Labute approximate surface area is 197 Å². The first-order chi connectivity index (χ1) is 16.7. The molecule has 2 aromatic rings. The van der Waals surface area contributed by atoms with Crippen molar-refractivity contribution >= 4 is 17.6 Å². The molecule has 4 rings (SSSR count). The van der Waals surface area contributed by atoms with Gasteiger partial charge in [-0.3, -0.25) is 14.3 Å². The summed E-state index contributed by atoms with van der Waals surface area (Å²) in [4.78, 5) is 32.1. The number of urea groups is 1. The lowest BCUT2D eigenvalue weighted by molar-refractivity contribution is -0.191. The molecule has 0 saturated carbocycles. The highest BCUT2D eigenvalue weighted by atomic mass is 19.3. The molecule has 1 aromatic heterocycles. The van der Waals surface area contributed by atoms with E-state index in [1.165, 1.54) is 16.0 Å². The number of hydrogen-bond donors (Lipinski definition) is 2. The van der Waals surface area contributed by atoms with Crippen LogP contribution in [0.5, 0.6) is 0 Å². The van der Waals surface area contributed by atoms with E-state index in [4.69, 9.17) is 10.1 Å². The van der Waals surface area contributed by atoms with Crippen molar-refractivity contribution in [2.24, 2.45) is 0 Å². The molecular weight excluding hydrogens is 474 g/mol. The van der Waals surface area contributed by atoms with Gasteiger partial charge in [0.2, 0.25) is 0 Å². The van der Waals surface area contributed by atoms with Gasteiger partial charge in [-0.15, -0.1) is 0 Å². The predicted molar refractivity (Wildman–Crippen MR) is 112 cm³/mol. The molecule has 1 unspecified atom stereocenters. The van der Waals surface area contributed by atoms with Crippen LogP contribution < -0.4 is 10.6 Å². The molecule has 0 fully saturated rings. The van der Waals surface area contributed by atoms with Crippen molar-refractivity contribution in [1.29, 1.82) is 5.26 Å². The first-order valence-corrected chi connectivity index (χ1v) is 10.6. The summed E-state index contributed by atoms with van der Waals surface area (Å²) in [6.07, 6.45) is -3.39. The average Bonchev–Trinajstić information content (AvgIpc) is 3.05. The van der Waals surface area contributed by atoms with Crippen LogP contribution in [0.3, 0.4) is 0 Å². The highest BCUT2D eigenvalue weighted by Gasteiger charge is 2.33. The molecule has 0 bridgehead atoms. The molecule has 1 atom stereocenters. The SMILES string of the molecule is CN1Cc2c3c(nn2CC(C(=O)NCC(F)F)O1)CCN(C(=O)Nc1ccc(F)c(C#N)c1F)C3. The molecule has 3 heterocycles. The number of hydrogen-bond acceptors (Lipinski definition) is 6. The standard InChI is InChI=1S/C21H21F4N7O3/c1-30-9-16-12-8-31(21(34)28-15-3-2-13(22)11(6-26)19(15)25)5-4-14(12)29-32(16)10-17(35-30)20(33)27-7-18(23)24/h2-3,17-18H,4-5,7-10H2,1H3,(H,27,33)(H,28,34). The van der Waals surface area contributed by atoms with Crippen LogP contribution in [-0.2, 0) is 35.7 Å². The Morgan fingerprint density at radius 2 is 2.09 bits per heavy atom. The van der Waals surface area contributed by atoms with Crippen LogP contribution in [0.15, 0.2) is 12.1 Å². The van der Waals surface area contributed by atoms with Crippen molar-refractivity contribution in [3.05, 3.63) is 46.3 Å². The predicted octanol–water partition coefficient (Wildman–Crippen LogP) is 1.75. The van der Waals surface area contributed by atoms with Crippen molar-refractivity contribution in [3.63, 3.8) is 0 Å². The highest BCUT2D eigenvalue weighted by molar-refractivity contribution is 5.90. The molecular formula is C21H21F4N7O3. The van der Waals surface area contributed by atoms with Crippen molar-refractivity contribution < 1.29 is 32.0 Å². The Hall–Kier alpha value is -3.70. The Morgan fingerprint density at radius 3 is 2.80 bits per heavy atom. The Morgan fingerprint density at radius 1 is 1.31 bits per heavy atom. The second-order valence-electron chi connectivity index (χ2n) is 8.07. The molecule has 1 aromatic carbocycles. The van der Waals surface area contributed by atoms with Crippen LogP contribution in [0.25, 0.3) is 0 Å². The maximum Gasteiger partial charge on any atom is 0.322 e. The van der Waals surface area contributed by atoms with E-state index in [0.29, 0.717) is 17.8 Å². The molecule has 14 heteroatoms.